The third-order valence-electron chi connectivity index (χ3n) is 4.54. The van der Waals surface area contributed by atoms with Gasteiger partial charge in [-0.15, -0.1) is 0 Å². The molecule has 0 saturated heterocycles. The quantitative estimate of drug-likeness (QED) is 0.879. The minimum atomic E-state index is -0.133. The lowest BCUT2D eigenvalue weighted by Gasteiger charge is -2.35. The van der Waals surface area contributed by atoms with Crippen molar-refractivity contribution in [2.75, 3.05) is 11.4 Å². The summed E-state index contributed by atoms with van der Waals surface area (Å²) in [5.41, 5.74) is 7.63. The summed E-state index contributed by atoms with van der Waals surface area (Å²) < 4.78 is 1.72. The lowest BCUT2D eigenvalue weighted by Crippen LogP contribution is -2.49. The van der Waals surface area contributed by atoms with Gasteiger partial charge in [0.2, 0.25) is 0 Å². The van der Waals surface area contributed by atoms with Crippen molar-refractivity contribution in [2.45, 2.75) is 44.7 Å². The molecule has 1 fully saturated rings. The van der Waals surface area contributed by atoms with Gasteiger partial charge in [0.05, 0.1) is 24.3 Å². The maximum Gasteiger partial charge on any atom is 0.323 e. The van der Waals surface area contributed by atoms with Crippen molar-refractivity contribution in [3.63, 3.8) is 0 Å². The molecule has 0 aromatic carbocycles. The monoisotopic (exact) mass is 343 g/mol. The Morgan fingerprint density at radius 1 is 1.28 bits per heavy atom. The smallest absolute Gasteiger partial charge is 0.323 e. The molecule has 134 valence electrons. The highest BCUT2D eigenvalue weighted by molar-refractivity contribution is 5.91. The van der Waals surface area contributed by atoms with Crippen LogP contribution >= 0.6 is 0 Å². The van der Waals surface area contributed by atoms with Crippen molar-refractivity contribution in [3.05, 3.63) is 24.8 Å². The van der Waals surface area contributed by atoms with E-state index < -0.39 is 0 Å². The normalized spacial score (nSPS) is 20.3. The first-order valence-electron chi connectivity index (χ1n) is 8.72. The Hall–Kier alpha value is -2.48. The average molecular weight is 343 g/mol. The topological polar surface area (TPSA) is 102 Å². The zero-order chi connectivity index (χ0) is 17.8. The highest BCUT2D eigenvalue weighted by Crippen LogP contribution is 2.26. The first-order chi connectivity index (χ1) is 12.1. The molecule has 1 aliphatic carbocycles. The molecule has 25 heavy (non-hydrogen) atoms. The Morgan fingerprint density at radius 3 is 2.60 bits per heavy atom. The zero-order valence-electron chi connectivity index (χ0n) is 14.7. The molecule has 2 heterocycles. The SMILES string of the molecule is CCNC(=O)N(c1cnc(-c2cnn(C)c2)cn1)C1CCC(N)CC1. The van der Waals surface area contributed by atoms with E-state index in [1.165, 1.54) is 0 Å². The summed E-state index contributed by atoms with van der Waals surface area (Å²) in [4.78, 5) is 23.3. The molecule has 2 aromatic rings. The molecule has 0 bridgehead atoms. The molecular weight excluding hydrogens is 318 g/mol. The average Bonchev–Trinajstić information content (AvgIpc) is 3.04. The summed E-state index contributed by atoms with van der Waals surface area (Å²) >= 11 is 0. The van der Waals surface area contributed by atoms with Gasteiger partial charge in [-0.05, 0) is 32.6 Å². The fourth-order valence-corrected chi connectivity index (χ4v) is 3.20. The van der Waals surface area contributed by atoms with E-state index in [-0.39, 0.29) is 18.1 Å². The first-order valence-corrected chi connectivity index (χ1v) is 8.72. The molecular formula is C17H25N7O. The van der Waals surface area contributed by atoms with Gasteiger partial charge in [-0.25, -0.2) is 9.78 Å². The number of carbonyl (C=O) groups excluding carboxylic acids is 1. The summed E-state index contributed by atoms with van der Waals surface area (Å²) in [5, 5.41) is 7.02. The molecule has 2 amide bonds. The van der Waals surface area contributed by atoms with Gasteiger partial charge in [0.1, 0.15) is 0 Å². The molecule has 8 nitrogen and oxygen atoms in total. The fraction of sp³-hybridized carbons (Fsp3) is 0.529. The van der Waals surface area contributed by atoms with Crippen LogP contribution in [0.3, 0.4) is 0 Å². The summed E-state index contributed by atoms with van der Waals surface area (Å²) in [6.45, 7) is 2.48. The second kappa shape index (κ2) is 7.60. The van der Waals surface area contributed by atoms with Crippen LogP contribution < -0.4 is 16.0 Å². The van der Waals surface area contributed by atoms with E-state index in [2.05, 4.69) is 20.4 Å². The van der Waals surface area contributed by atoms with Crippen molar-refractivity contribution < 1.29 is 4.79 Å². The molecule has 0 atom stereocenters. The van der Waals surface area contributed by atoms with E-state index in [1.54, 1.807) is 28.2 Å². The summed E-state index contributed by atoms with van der Waals surface area (Å²) in [5.74, 6) is 0.569. The van der Waals surface area contributed by atoms with Crippen molar-refractivity contribution in [1.82, 2.24) is 25.1 Å². The van der Waals surface area contributed by atoms with E-state index in [9.17, 15) is 4.79 Å². The Bertz CT molecular complexity index is 704. The lowest BCUT2D eigenvalue weighted by atomic mass is 9.91. The van der Waals surface area contributed by atoms with Crippen LogP contribution in [0.4, 0.5) is 10.6 Å². The van der Waals surface area contributed by atoms with E-state index in [4.69, 9.17) is 5.73 Å². The number of aromatic nitrogens is 4. The Morgan fingerprint density at radius 2 is 2.04 bits per heavy atom. The van der Waals surface area contributed by atoms with Gasteiger partial charge in [0.25, 0.3) is 0 Å². The molecule has 0 spiro atoms. The molecule has 8 heteroatoms. The van der Waals surface area contributed by atoms with Crippen LogP contribution in [0.25, 0.3) is 11.3 Å². The van der Waals surface area contributed by atoms with Crippen LogP contribution in [-0.2, 0) is 7.05 Å². The Labute approximate surface area is 147 Å². The van der Waals surface area contributed by atoms with Crippen molar-refractivity contribution in [2.24, 2.45) is 12.8 Å². The Balaban J connectivity index is 1.83. The number of hydrogen-bond acceptors (Lipinski definition) is 5. The second-order valence-electron chi connectivity index (χ2n) is 6.44. The minimum absolute atomic E-state index is 0.102. The van der Waals surface area contributed by atoms with Crippen molar-refractivity contribution in [3.8, 4) is 11.3 Å². The van der Waals surface area contributed by atoms with E-state index >= 15 is 0 Å². The van der Waals surface area contributed by atoms with Crippen molar-refractivity contribution >= 4 is 11.8 Å². The van der Waals surface area contributed by atoms with Gasteiger partial charge in [-0.3, -0.25) is 14.6 Å². The third kappa shape index (κ3) is 3.96. The standard InChI is InChI=1S/C17H25N7O/c1-3-19-17(25)24(14-6-4-13(18)5-7-14)16-10-20-15(9-21-16)12-8-22-23(2)11-12/h8-11,13-14H,3-7,18H2,1-2H3,(H,19,25). The number of rotatable bonds is 4. The van der Waals surface area contributed by atoms with Gasteiger partial charge in [0.15, 0.2) is 5.82 Å². The highest BCUT2D eigenvalue weighted by atomic mass is 16.2. The highest BCUT2D eigenvalue weighted by Gasteiger charge is 2.29. The van der Waals surface area contributed by atoms with Crippen LogP contribution in [-0.4, -0.2) is 44.4 Å². The maximum atomic E-state index is 12.6. The predicted molar refractivity (Wildman–Crippen MR) is 96.0 cm³/mol. The molecule has 3 N–H and O–H groups in total. The van der Waals surface area contributed by atoms with E-state index in [0.29, 0.717) is 12.4 Å². The van der Waals surface area contributed by atoms with Crippen LogP contribution in [0.5, 0.6) is 0 Å². The van der Waals surface area contributed by atoms with Gasteiger partial charge in [0, 0.05) is 37.4 Å². The molecule has 1 aliphatic rings. The number of hydrogen-bond donors (Lipinski definition) is 2. The van der Waals surface area contributed by atoms with Gasteiger partial charge in [-0.1, -0.05) is 0 Å². The van der Waals surface area contributed by atoms with E-state index in [1.807, 2.05) is 20.2 Å². The van der Waals surface area contributed by atoms with Crippen LogP contribution in [0.2, 0.25) is 0 Å². The first kappa shape index (κ1) is 17.3. The second-order valence-corrected chi connectivity index (χ2v) is 6.44. The minimum Gasteiger partial charge on any atom is -0.338 e. The number of carbonyl (C=O) groups is 1. The van der Waals surface area contributed by atoms with Gasteiger partial charge < -0.3 is 11.1 Å². The molecule has 3 rings (SSSR count). The number of nitrogens with one attached hydrogen (secondary N) is 1. The number of aryl methyl sites for hydroxylation is 1. The number of nitrogens with two attached hydrogens (primary N) is 1. The number of amides is 2. The van der Waals surface area contributed by atoms with Gasteiger partial charge in [-0.2, -0.15) is 5.10 Å². The zero-order valence-corrected chi connectivity index (χ0v) is 14.7. The molecule has 2 aromatic heterocycles. The summed E-state index contributed by atoms with van der Waals surface area (Å²) in [6.07, 6.45) is 10.6. The Kier molecular flexibility index (Phi) is 5.28. The molecule has 0 aliphatic heterocycles. The maximum absolute atomic E-state index is 12.6. The molecule has 1 saturated carbocycles. The van der Waals surface area contributed by atoms with Crippen LogP contribution in [0.1, 0.15) is 32.6 Å². The third-order valence-corrected chi connectivity index (χ3v) is 4.54. The molecule has 0 unspecified atom stereocenters. The van der Waals surface area contributed by atoms with Crippen LogP contribution in [0.15, 0.2) is 24.8 Å². The number of anilines is 1. The van der Waals surface area contributed by atoms with Crippen LogP contribution in [0, 0.1) is 0 Å². The molecule has 0 radical (unpaired) electrons. The van der Waals surface area contributed by atoms with Gasteiger partial charge >= 0.3 is 6.03 Å². The predicted octanol–water partition coefficient (Wildman–Crippen LogP) is 1.68. The summed E-state index contributed by atoms with van der Waals surface area (Å²) in [7, 11) is 1.86. The fourth-order valence-electron chi connectivity index (χ4n) is 3.20. The number of urea groups is 1. The summed E-state index contributed by atoms with van der Waals surface area (Å²) in [6, 6.07) is 0.197. The van der Waals surface area contributed by atoms with E-state index in [0.717, 1.165) is 36.9 Å². The lowest BCUT2D eigenvalue weighted by molar-refractivity contribution is 0.240. The van der Waals surface area contributed by atoms with Crippen molar-refractivity contribution in [1.29, 1.82) is 0 Å². The largest absolute Gasteiger partial charge is 0.338 e. The number of nitrogens with zero attached hydrogens (tertiary/aromatic N) is 5.